The minimum atomic E-state index is -0.442. The third-order valence-electron chi connectivity index (χ3n) is 2.38. The summed E-state index contributed by atoms with van der Waals surface area (Å²) in [7, 11) is 0. The van der Waals surface area contributed by atoms with Gasteiger partial charge >= 0.3 is 0 Å². The van der Waals surface area contributed by atoms with Crippen molar-refractivity contribution in [3.63, 3.8) is 0 Å². The number of hydrogen-bond donors (Lipinski definition) is 0. The van der Waals surface area contributed by atoms with E-state index in [0.717, 1.165) is 14.2 Å². The van der Waals surface area contributed by atoms with Crippen LogP contribution in [0.1, 0.15) is 21.4 Å². The first-order valence-corrected chi connectivity index (χ1v) is 7.27. The summed E-state index contributed by atoms with van der Waals surface area (Å²) in [5, 5.41) is -0.331. The third-order valence-corrected chi connectivity index (χ3v) is 5.58. The number of rotatable bonds is 2. The van der Waals surface area contributed by atoms with Crippen LogP contribution in [0.25, 0.3) is 0 Å². The lowest BCUT2D eigenvalue weighted by Crippen LogP contribution is -1.93. The summed E-state index contributed by atoms with van der Waals surface area (Å²) in [6.07, 6.45) is 0. The number of hydrogen-bond acceptors (Lipinski definition) is 1. The van der Waals surface area contributed by atoms with Gasteiger partial charge in [-0.05, 0) is 46.1 Å². The van der Waals surface area contributed by atoms with Crippen molar-refractivity contribution >= 4 is 50.5 Å². The monoisotopic (exact) mass is 352 g/mol. The molecule has 0 aliphatic heterocycles. The molecule has 1 aromatic heterocycles. The zero-order chi connectivity index (χ0) is 12.6. The minimum Gasteiger partial charge on any atom is -0.205 e. The maximum absolute atomic E-state index is 13.3. The molecular weight excluding hydrogens is 346 g/mol. The number of thiophene rings is 1. The normalized spacial score (nSPS) is 12.8. The van der Waals surface area contributed by atoms with E-state index < -0.39 is 11.2 Å². The molecule has 0 nitrogen and oxygen atoms in total. The van der Waals surface area contributed by atoms with Crippen LogP contribution >= 0.6 is 50.5 Å². The number of benzene rings is 1. The van der Waals surface area contributed by atoms with Gasteiger partial charge in [0.25, 0.3) is 0 Å². The Hall–Kier alpha value is -0.0900. The number of aryl methyl sites for hydroxylation is 1. The molecule has 0 fully saturated rings. The lowest BCUT2D eigenvalue weighted by molar-refractivity contribution is 0.626. The predicted octanol–water partition coefficient (Wildman–Crippen LogP) is 5.94. The molecular formula is C12H8BrCl2FS. The molecule has 0 aliphatic rings. The Morgan fingerprint density at radius 1 is 1.41 bits per heavy atom. The summed E-state index contributed by atoms with van der Waals surface area (Å²) < 4.78 is 14.4. The Labute approximate surface area is 121 Å². The first kappa shape index (κ1) is 13.3. The Morgan fingerprint density at radius 3 is 2.71 bits per heavy atom. The lowest BCUT2D eigenvalue weighted by Gasteiger charge is -2.10. The topological polar surface area (TPSA) is 0 Å². The summed E-state index contributed by atoms with van der Waals surface area (Å²) in [6.45, 7) is 1.99. The molecule has 2 aromatic rings. The van der Waals surface area contributed by atoms with Crippen molar-refractivity contribution in [3.05, 3.63) is 54.9 Å². The van der Waals surface area contributed by atoms with E-state index in [9.17, 15) is 4.39 Å². The molecule has 5 heteroatoms. The first-order chi connectivity index (χ1) is 8.00. The third kappa shape index (κ3) is 2.68. The van der Waals surface area contributed by atoms with Gasteiger partial charge in [-0.2, -0.15) is 0 Å². The molecule has 0 saturated carbocycles. The van der Waals surface area contributed by atoms with Crippen LogP contribution in [-0.4, -0.2) is 0 Å². The molecule has 1 unspecified atom stereocenters. The van der Waals surface area contributed by atoms with Crippen LogP contribution in [0.3, 0.4) is 0 Å². The summed E-state index contributed by atoms with van der Waals surface area (Å²) in [5.74, 6) is -0.442. The second-order valence-electron chi connectivity index (χ2n) is 3.61. The average molecular weight is 354 g/mol. The van der Waals surface area contributed by atoms with Gasteiger partial charge in [-0.1, -0.05) is 23.7 Å². The van der Waals surface area contributed by atoms with E-state index >= 15 is 0 Å². The van der Waals surface area contributed by atoms with E-state index in [1.807, 2.05) is 13.0 Å². The molecule has 0 spiro atoms. The molecule has 0 N–H and O–H groups in total. The van der Waals surface area contributed by atoms with Gasteiger partial charge in [0.1, 0.15) is 5.82 Å². The molecule has 1 heterocycles. The summed E-state index contributed by atoms with van der Waals surface area (Å²) in [6, 6.07) is 6.66. The van der Waals surface area contributed by atoms with E-state index in [4.69, 9.17) is 23.2 Å². The standard InChI is InChI=1S/C12H8BrCl2FS/c1-6-5-9(17-12(6)13)11(15)7-3-2-4-8(16)10(7)14/h2-5,11H,1H3. The second-order valence-corrected chi connectivity index (χ2v) is 6.83. The first-order valence-electron chi connectivity index (χ1n) is 4.84. The zero-order valence-corrected chi connectivity index (χ0v) is 12.7. The number of halogens is 4. The van der Waals surface area contributed by atoms with Crippen LogP contribution < -0.4 is 0 Å². The van der Waals surface area contributed by atoms with Crippen LogP contribution in [0.2, 0.25) is 5.02 Å². The largest absolute Gasteiger partial charge is 0.205 e. The van der Waals surface area contributed by atoms with Crippen molar-refractivity contribution in [2.24, 2.45) is 0 Å². The van der Waals surface area contributed by atoms with E-state index in [-0.39, 0.29) is 5.02 Å². The van der Waals surface area contributed by atoms with Gasteiger partial charge in [-0.15, -0.1) is 22.9 Å². The highest BCUT2D eigenvalue weighted by molar-refractivity contribution is 9.11. The van der Waals surface area contributed by atoms with Crippen molar-refractivity contribution in [1.29, 1.82) is 0 Å². The van der Waals surface area contributed by atoms with Crippen LogP contribution in [0, 0.1) is 12.7 Å². The maximum atomic E-state index is 13.3. The number of alkyl halides is 1. The smallest absolute Gasteiger partial charge is 0.142 e. The quantitative estimate of drug-likeness (QED) is 0.586. The highest BCUT2D eigenvalue weighted by atomic mass is 79.9. The molecule has 1 atom stereocenters. The summed E-state index contributed by atoms with van der Waals surface area (Å²) in [4.78, 5) is 0.948. The fourth-order valence-corrected chi connectivity index (χ4v) is 3.72. The highest BCUT2D eigenvalue weighted by Gasteiger charge is 2.19. The minimum absolute atomic E-state index is 0.0923. The van der Waals surface area contributed by atoms with Gasteiger partial charge in [0.15, 0.2) is 0 Å². The second kappa shape index (κ2) is 5.27. The molecule has 0 amide bonds. The van der Waals surface area contributed by atoms with Crippen molar-refractivity contribution in [2.75, 3.05) is 0 Å². The zero-order valence-electron chi connectivity index (χ0n) is 8.81. The fourth-order valence-electron chi connectivity index (χ4n) is 1.48. The van der Waals surface area contributed by atoms with Gasteiger partial charge in [0, 0.05) is 4.88 Å². The van der Waals surface area contributed by atoms with Crippen molar-refractivity contribution in [1.82, 2.24) is 0 Å². The van der Waals surface area contributed by atoms with Crippen molar-refractivity contribution < 1.29 is 4.39 Å². The Morgan fingerprint density at radius 2 is 2.12 bits per heavy atom. The molecule has 90 valence electrons. The molecule has 17 heavy (non-hydrogen) atoms. The van der Waals surface area contributed by atoms with Gasteiger partial charge < -0.3 is 0 Å². The lowest BCUT2D eigenvalue weighted by atomic mass is 10.1. The van der Waals surface area contributed by atoms with Crippen LogP contribution in [0.4, 0.5) is 4.39 Å². The average Bonchev–Trinajstić information content (AvgIpc) is 2.62. The summed E-state index contributed by atoms with van der Waals surface area (Å²) >= 11 is 17.2. The Balaban J connectivity index is 2.43. The SMILES string of the molecule is Cc1cc(C(Cl)c2cccc(F)c2Cl)sc1Br. The van der Waals surface area contributed by atoms with E-state index in [1.165, 1.54) is 17.4 Å². The van der Waals surface area contributed by atoms with Crippen molar-refractivity contribution in [3.8, 4) is 0 Å². The van der Waals surface area contributed by atoms with Gasteiger partial charge in [-0.3, -0.25) is 0 Å². The van der Waals surface area contributed by atoms with E-state index in [0.29, 0.717) is 5.56 Å². The van der Waals surface area contributed by atoms with Gasteiger partial charge in [-0.25, -0.2) is 4.39 Å². The van der Waals surface area contributed by atoms with E-state index in [1.54, 1.807) is 12.1 Å². The highest BCUT2D eigenvalue weighted by Crippen LogP contribution is 2.40. The molecule has 2 rings (SSSR count). The predicted molar refractivity (Wildman–Crippen MR) is 75.9 cm³/mol. The van der Waals surface area contributed by atoms with Crippen molar-refractivity contribution in [2.45, 2.75) is 12.3 Å². The Bertz CT molecular complexity index is 534. The Kier molecular flexibility index (Phi) is 4.14. The molecule has 0 saturated heterocycles. The summed E-state index contributed by atoms with van der Waals surface area (Å²) in [5.41, 5.74) is 1.71. The van der Waals surface area contributed by atoms with E-state index in [2.05, 4.69) is 15.9 Å². The van der Waals surface area contributed by atoms with Gasteiger partial charge in [0.05, 0.1) is 14.2 Å². The van der Waals surface area contributed by atoms with Crippen LogP contribution in [-0.2, 0) is 0 Å². The molecule has 0 bridgehead atoms. The van der Waals surface area contributed by atoms with Crippen LogP contribution in [0.15, 0.2) is 28.1 Å². The maximum Gasteiger partial charge on any atom is 0.142 e. The fraction of sp³-hybridized carbons (Fsp3) is 0.167. The van der Waals surface area contributed by atoms with Gasteiger partial charge in [0.2, 0.25) is 0 Å². The molecule has 0 radical (unpaired) electrons. The van der Waals surface area contributed by atoms with Crippen LogP contribution in [0.5, 0.6) is 0 Å². The molecule has 0 aliphatic carbocycles. The molecule has 1 aromatic carbocycles.